The summed E-state index contributed by atoms with van der Waals surface area (Å²) < 4.78 is 10.3. The van der Waals surface area contributed by atoms with Gasteiger partial charge in [0, 0.05) is 5.56 Å². The molecule has 0 saturated carbocycles. The van der Waals surface area contributed by atoms with Crippen LogP contribution in [0.3, 0.4) is 0 Å². The van der Waals surface area contributed by atoms with Gasteiger partial charge in [0.05, 0.1) is 30.9 Å². The maximum atomic E-state index is 12.4. The molecular weight excluding hydrogens is 320 g/mol. The molecule has 3 rings (SSSR count). The molecule has 130 valence electrons. The number of hydrogen-bond acceptors (Lipinski definition) is 6. The Balaban J connectivity index is 2.14. The van der Waals surface area contributed by atoms with Crippen molar-refractivity contribution in [2.75, 3.05) is 13.2 Å². The summed E-state index contributed by atoms with van der Waals surface area (Å²) in [6, 6.07) is 9.17. The molecule has 0 fully saturated rings. The van der Waals surface area contributed by atoms with Crippen molar-refractivity contribution < 1.29 is 19.1 Å². The number of azo groups is 1. The molecular formula is C19H20N2O4. The smallest absolute Gasteiger partial charge is 0.338 e. The number of carbonyl (C=O) groups is 2. The van der Waals surface area contributed by atoms with E-state index in [1.807, 2.05) is 31.2 Å². The van der Waals surface area contributed by atoms with E-state index in [1.54, 1.807) is 19.9 Å². The highest BCUT2D eigenvalue weighted by Crippen LogP contribution is 2.49. The lowest BCUT2D eigenvalue weighted by Crippen LogP contribution is -2.25. The Morgan fingerprint density at radius 2 is 1.84 bits per heavy atom. The van der Waals surface area contributed by atoms with Gasteiger partial charge in [0.2, 0.25) is 0 Å². The van der Waals surface area contributed by atoms with Gasteiger partial charge in [0.15, 0.2) is 0 Å². The van der Waals surface area contributed by atoms with Crippen LogP contribution in [0.15, 0.2) is 40.6 Å². The summed E-state index contributed by atoms with van der Waals surface area (Å²) in [7, 11) is 0. The molecule has 0 aromatic heterocycles. The third-order valence-corrected chi connectivity index (χ3v) is 4.25. The molecule has 0 spiro atoms. The summed E-state index contributed by atoms with van der Waals surface area (Å²) in [5, 5.41) is 8.67. The Morgan fingerprint density at radius 3 is 2.56 bits per heavy atom. The highest BCUT2D eigenvalue weighted by molar-refractivity contribution is 6.03. The van der Waals surface area contributed by atoms with Crippen molar-refractivity contribution in [1.82, 2.24) is 0 Å². The average molecular weight is 340 g/mol. The zero-order valence-corrected chi connectivity index (χ0v) is 14.5. The van der Waals surface area contributed by atoms with Crippen LogP contribution in [-0.4, -0.2) is 25.2 Å². The highest BCUT2D eigenvalue weighted by atomic mass is 16.5. The van der Waals surface area contributed by atoms with Gasteiger partial charge in [-0.1, -0.05) is 18.2 Å². The monoisotopic (exact) mass is 340 g/mol. The van der Waals surface area contributed by atoms with Crippen molar-refractivity contribution in [2.24, 2.45) is 10.2 Å². The van der Waals surface area contributed by atoms with Crippen LogP contribution < -0.4 is 0 Å². The number of carbonyl (C=O) groups excluding carboxylic acids is 2. The molecule has 0 saturated heterocycles. The van der Waals surface area contributed by atoms with Gasteiger partial charge in [-0.25, -0.2) is 4.79 Å². The van der Waals surface area contributed by atoms with E-state index in [2.05, 4.69) is 10.2 Å². The third-order valence-electron chi connectivity index (χ3n) is 4.25. The summed E-state index contributed by atoms with van der Waals surface area (Å²) in [6.45, 7) is 5.96. The fraction of sp³-hybridized carbons (Fsp3) is 0.368. The lowest BCUT2D eigenvalue weighted by molar-refractivity contribution is -0.144. The Labute approximate surface area is 146 Å². The molecule has 1 heterocycles. The molecule has 3 aliphatic rings. The zero-order chi connectivity index (χ0) is 18.0. The van der Waals surface area contributed by atoms with Crippen LogP contribution in [-0.2, 0) is 19.8 Å². The van der Waals surface area contributed by atoms with Crippen LogP contribution in [0.2, 0.25) is 0 Å². The molecule has 6 heteroatoms. The van der Waals surface area contributed by atoms with Crippen LogP contribution >= 0.6 is 0 Å². The SMILES string of the molecule is CCOC(=O)CC1(C)N=Nc2ccccc3c(C(=O)OCC)cc1c2-3. The highest BCUT2D eigenvalue weighted by Gasteiger charge is 2.39. The summed E-state index contributed by atoms with van der Waals surface area (Å²) in [5.41, 5.74) is 2.63. The van der Waals surface area contributed by atoms with Crippen molar-refractivity contribution in [1.29, 1.82) is 0 Å². The molecule has 0 radical (unpaired) electrons. The van der Waals surface area contributed by atoms with Crippen LogP contribution in [0, 0.1) is 0 Å². The molecule has 1 atom stereocenters. The van der Waals surface area contributed by atoms with E-state index < -0.39 is 11.5 Å². The molecule has 6 nitrogen and oxygen atoms in total. The van der Waals surface area contributed by atoms with Gasteiger partial charge < -0.3 is 9.47 Å². The predicted octanol–water partition coefficient (Wildman–Crippen LogP) is 4.23. The van der Waals surface area contributed by atoms with Gasteiger partial charge in [-0.05, 0) is 44.0 Å². The van der Waals surface area contributed by atoms with Crippen LogP contribution in [0.4, 0.5) is 5.69 Å². The van der Waals surface area contributed by atoms with Gasteiger partial charge in [0.25, 0.3) is 0 Å². The Hall–Kier alpha value is -2.76. The van der Waals surface area contributed by atoms with E-state index in [9.17, 15) is 9.59 Å². The van der Waals surface area contributed by atoms with Crippen molar-refractivity contribution in [3.63, 3.8) is 0 Å². The number of nitrogens with zero attached hydrogens (tertiary/aromatic N) is 2. The lowest BCUT2D eigenvalue weighted by atomic mass is 9.86. The Morgan fingerprint density at radius 1 is 1.12 bits per heavy atom. The van der Waals surface area contributed by atoms with Gasteiger partial charge in [0.1, 0.15) is 5.54 Å². The van der Waals surface area contributed by atoms with E-state index in [0.717, 1.165) is 16.7 Å². The molecule has 0 aromatic carbocycles. The fourth-order valence-corrected chi connectivity index (χ4v) is 3.13. The van der Waals surface area contributed by atoms with E-state index in [1.165, 1.54) is 0 Å². The first-order valence-electron chi connectivity index (χ1n) is 8.32. The molecule has 2 aliphatic carbocycles. The van der Waals surface area contributed by atoms with Gasteiger partial charge in [-0.2, -0.15) is 10.2 Å². The number of ether oxygens (including phenoxy) is 2. The normalized spacial score (nSPS) is 18.2. The molecule has 0 N–H and O–H groups in total. The van der Waals surface area contributed by atoms with Gasteiger partial charge in [-0.15, -0.1) is 0 Å². The maximum Gasteiger partial charge on any atom is 0.338 e. The lowest BCUT2D eigenvalue weighted by Gasteiger charge is -2.26. The second kappa shape index (κ2) is 6.63. The van der Waals surface area contributed by atoms with Crippen LogP contribution in [0.25, 0.3) is 11.1 Å². The van der Waals surface area contributed by atoms with Crippen molar-refractivity contribution in [2.45, 2.75) is 32.7 Å². The number of rotatable bonds is 5. The molecule has 25 heavy (non-hydrogen) atoms. The van der Waals surface area contributed by atoms with Crippen molar-refractivity contribution >= 4 is 17.6 Å². The summed E-state index contributed by atoms with van der Waals surface area (Å²) >= 11 is 0. The number of esters is 2. The maximum absolute atomic E-state index is 12.4. The minimum Gasteiger partial charge on any atom is -0.466 e. The van der Waals surface area contributed by atoms with Crippen molar-refractivity contribution in [3.8, 4) is 11.1 Å². The first-order chi connectivity index (χ1) is 12.0. The van der Waals surface area contributed by atoms with Crippen LogP contribution in [0.5, 0.6) is 0 Å². The first-order valence-corrected chi connectivity index (χ1v) is 8.32. The van der Waals surface area contributed by atoms with Crippen LogP contribution in [0.1, 0.15) is 43.1 Å². The molecule has 0 amide bonds. The second-order valence-corrected chi connectivity index (χ2v) is 6.04. The molecule has 1 unspecified atom stereocenters. The van der Waals surface area contributed by atoms with Gasteiger partial charge >= 0.3 is 11.9 Å². The Kier molecular flexibility index (Phi) is 4.53. The average Bonchev–Trinajstić information content (AvgIpc) is 2.83. The molecule has 0 aromatic rings. The minimum absolute atomic E-state index is 0.0593. The largest absolute Gasteiger partial charge is 0.466 e. The summed E-state index contributed by atoms with van der Waals surface area (Å²) in [4.78, 5) is 24.4. The van der Waals surface area contributed by atoms with E-state index in [0.29, 0.717) is 24.5 Å². The topological polar surface area (TPSA) is 77.3 Å². The van der Waals surface area contributed by atoms with E-state index in [4.69, 9.17) is 9.47 Å². The zero-order valence-electron chi connectivity index (χ0n) is 14.5. The third kappa shape index (κ3) is 2.99. The number of hydrogen-bond donors (Lipinski definition) is 0. The van der Waals surface area contributed by atoms with E-state index >= 15 is 0 Å². The summed E-state index contributed by atoms with van der Waals surface area (Å²) in [5.74, 6) is -0.740. The van der Waals surface area contributed by atoms with Crippen molar-refractivity contribution in [3.05, 3.63) is 41.5 Å². The molecule has 0 bridgehead atoms. The second-order valence-electron chi connectivity index (χ2n) is 6.04. The van der Waals surface area contributed by atoms with E-state index in [-0.39, 0.29) is 12.4 Å². The first kappa shape index (κ1) is 17.1. The minimum atomic E-state index is -0.878. The molecule has 1 aliphatic heterocycles. The Bertz CT molecular complexity index is 830. The quantitative estimate of drug-likeness (QED) is 0.763. The fourth-order valence-electron chi connectivity index (χ4n) is 3.13. The summed E-state index contributed by atoms with van der Waals surface area (Å²) in [6.07, 6.45) is 0.0593. The predicted molar refractivity (Wildman–Crippen MR) is 92.1 cm³/mol. The standard InChI is InChI=1S/C19H20N2O4/c1-4-24-16(22)11-19(3)14-10-13(18(23)25-5-2)12-8-6-7-9-15(17(12)14)20-21-19/h6-10H,4-5,11H2,1-3H3. The van der Waals surface area contributed by atoms with Gasteiger partial charge in [-0.3, -0.25) is 4.79 Å².